The van der Waals surface area contributed by atoms with Crippen molar-refractivity contribution in [3.63, 3.8) is 0 Å². The molecule has 0 aliphatic heterocycles. The number of amides is 1. The number of nitrogens with zero attached hydrogens (tertiary/aromatic N) is 2. The molecule has 1 unspecified atom stereocenters. The van der Waals surface area contributed by atoms with Crippen molar-refractivity contribution in [3.8, 4) is 5.75 Å². The molecule has 0 spiro atoms. The Morgan fingerprint density at radius 1 is 0.969 bits per heavy atom. The molecule has 0 saturated heterocycles. The summed E-state index contributed by atoms with van der Waals surface area (Å²) in [7, 11) is 0. The van der Waals surface area contributed by atoms with Crippen LogP contribution in [0.4, 0.5) is 28.4 Å². The lowest BCUT2D eigenvalue weighted by Gasteiger charge is -2.13. The highest BCUT2D eigenvalue weighted by molar-refractivity contribution is 6.11. The number of azo groups is 1. The summed E-state index contributed by atoms with van der Waals surface area (Å²) in [6, 6.07) is 21.2. The van der Waals surface area contributed by atoms with Crippen LogP contribution in [0.3, 0.4) is 0 Å². The molecule has 9 heteroatoms. The maximum atomic E-state index is 12.9. The van der Waals surface area contributed by atoms with E-state index in [0.717, 1.165) is 0 Å². The Morgan fingerprint density at radius 2 is 1.66 bits per heavy atom. The number of quaternary nitrogens is 1. The fourth-order valence-electron chi connectivity index (χ4n) is 3.14. The Kier molecular flexibility index (Phi) is 5.77. The van der Waals surface area contributed by atoms with Gasteiger partial charge in [-0.3, -0.25) is 4.79 Å². The normalized spacial score (nSPS) is 12.2. The highest BCUT2D eigenvalue weighted by Gasteiger charge is 2.18. The van der Waals surface area contributed by atoms with Gasteiger partial charge < -0.3 is 21.4 Å². The van der Waals surface area contributed by atoms with E-state index < -0.39 is 11.1 Å². The average molecular weight is 429 g/mol. The summed E-state index contributed by atoms with van der Waals surface area (Å²) in [5, 5.41) is 42.2. The fourth-order valence-corrected chi connectivity index (χ4v) is 3.14. The van der Waals surface area contributed by atoms with Crippen molar-refractivity contribution in [2.45, 2.75) is 0 Å². The average Bonchev–Trinajstić information content (AvgIpc) is 2.79. The predicted molar refractivity (Wildman–Crippen MR) is 121 cm³/mol. The molecule has 0 aliphatic carbocycles. The number of fused-ring (bicyclic) bond motifs is 1. The molecule has 4 rings (SSSR count). The van der Waals surface area contributed by atoms with Crippen LogP contribution in [0.2, 0.25) is 0 Å². The summed E-state index contributed by atoms with van der Waals surface area (Å²) in [5.41, 5.74) is 7.47. The van der Waals surface area contributed by atoms with Gasteiger partial charge in [0.2, 0.25) is 0 Å². The van der Waals surface area contributed by atoms with Crippen molar-refractivity contribution in [3.05, 3.63) is 89.6 Å². The Balaban J connectivity index is 1.71. The minimum Gasteiger partial charge on any atom is -0.595 e. The van der Waals surface area contributed by atoms with Crippen molar-refractivity contribution in [2.75, 3.05) is 11.1 Å². The van der Waals surface area contributed by atoms with E-state index in [1.807, 2.05) is 6.07 Å². The number of phenolic OH excluding ortho intramolecular Hbond substituents is 1. The number of aromatic hydroxyl groups is 1. The molecule has 0 heterocycles. The first-order valence-corrected chi connectivity index (χ1v) is 9.59. The van der Waals surface area contributed by atoms with E-state index in [1.54, 1.807) is 48.5 Å². The molecule has 4 aromatic rings. The summed E-state index contributed by atoms with van der Waals surface area (Å²) < 4.78 is 0. The molecule has 9 nitrogen and oxygen atoms in total. The molecule has 0 aromatic heterocycles. The van der Waals surface area contributed by atoms with Gasteiger partial charge >= 0.3 is 0 Å². The largest absolute Gasteiger partial charge is 0.595 e. The molecule has 1 amide bonds. The summed E-state index contributed by atoms with van der Waals surface area (Å²) in [6.07, 6.45) is 0. The summed E-state index contributed by atoms with van der Waals surface area (Å²) in [5.74, 6) is -0.886. The van der Waals surface area contributed by atoms with Crippen molar-refractivity contribution < 1.29 is 20.3 Å². The van der Waals surface area contributed by atoms with Gasteiger partial charge in [-0.25, -0.2) is 5.21 Å². The molecular formula is C23H19N5O4. The number of benzene rings is 4. The van der Waals surface area contributed by atoms with E-state index in [9.17, 15) is 15.1 Å². The second-order valence-electron chi connectivity index (χ2n) is 6.97. The minimum atomic E-state index is -1.06. The molecular weight excluding hydrogens is 410 g/mol. The number of phenols is 1. The third kappa shape index (κ3) is 4.40. The molecule has 32 heavy (non-hydrogen) atoms. The second-order valence-corrected chi connectivity index (χ2v) is 6.97. The predicted octanol–water partition coefficient (Wildman–Crippen LogP) is 4.20. The van der Waals surface area contributed by atoms with E-state index in [4.69, 9.17) is 10.9 Å². The number of nitrogens with two attached hydrogens (primary N) is 1. The van der Waals surface area contributed by atoms with Crippen molar-refractivity contribution >= 4 is 45.1 Å². The van der Waals surface area contributed by atoms with Crippen LogP contribution in [0.5, 0.6) is 5.75 Å². The number of hydrogen-bond acceptors (Lipinski definition) is 7. The quantitative estimate of drug-likeness (QED) is 0.183. The second kappa shape index (κ2) is 8.82. The molecule has 160 valence electrons. The van der Waals surface area contributed by atoms with Gasteiger partial charge in [-0.2, -0.15) is 10.3 Å². The van der Waals surface area contributed by atoms with Gasteiger partial charge in [0, 0.05) is 28.9 Å². The maximum Gasteiger partial charge on any atom is 0.259 e. The van der Waals surface area contributed by atoms with Crippen LogP contribution >= 0.6 is 0 Å². The SMILES string of the molecule is Nc1ccc(N=Nc2c(O)c(C(=O)Nc3ccc([NH+]([O-])O)cc3)cc3ccccc23)cc1. The highest BCUT2D eigenvalue weighted by atomic mass is 16.8. The first-order valence-electron chi connectivity index (χ1n) is 9.59. The van der Waals surface area contributed by atoms with Gasteiger partial charge in [0.15, 0.2) is 11.4 Å². The lowest BCUT2D eigenvalue weighted by Crippen LogP contribution is -2.99. The number of anilines is 2. The van der Waals surface area contributed by atoms with Crippen LogP contribution in [-0.4, -0.2) is 16.2 Å². The molecule has 0 radical (unpaired) electrons. The molecule has 4 aromatic carbocycles. The number of nitrogens with one attached hydrogen (secondary N) is 2. The highest BCUT2D eigenvalue weighted by Crippen LogP contribution is 2.39. The zero-order chi connectivity index (χ0) is 22.7. The summed E-state index contributed by atoms with van der Waals surface area (Å²) >= 11 is 0. The van der Waals surface area contributed by atoms with E-state index >= 15 is 0 Å². The third-order valence-electron chi connectivity index (χ3n) is 4.79. The molecule has 6 N–H and O–H groups in total. The van der Waals surface area contributed by atoms with Crippen LogP contribution < -0.4 is 16.3 Å². The maximum absolute atomic E-state index is 12.9. The zero-order valence-electron chi connectivity index (χ0n) is 16.7. The summed E-state index contributed by atoms with van der Waals surface area (Å²) in [4.78, 5) is 12.9. The van der Waals surface area contributed by atoms with E-state index in [-0.39, 0.29) is 22.7 Å². The van der Waals surface area contributed by atoms with Crippen LogP contribution in [0, 0.1) is 5.21 Å². The topological polar surface area (TPSA) is 148 Å². The minimum absolute atomic E-state index is 0.0114. The lowest BCUT2D eigenvalue weighted by atomic mass is 10.0. The van der Waals surface area contributed by atoms with Gasteiger partial charge in [-0.05, 0) is 47.9 Å². The van der Waals surface area contributed by atoms with Crippen LogP contribution in [-0.2, 0) is 0 Å². The molecule has 0 aliphatic rings. The first kappa shape index (κ1) is 20.9. The number of nitrogen functional groups attached to an aromatic ring is 1. The van der Waals surface area contributed by atoms with E-state index in [0.29, 0.717) is 27.8 Å². The van der Waals surface area contributed by atoms with Crippen LogP contribution in [0.15, 0.2) is 89.1 Å². The molecule has 0 fully saturated rings. The molecule has 0 bridgehead atoms. The van der Waals surface area contributed by atoms with Gasteiger partial charge in [-0.15, -0.1) is 5.11 Å². The lowest BCUT2D eigenvalue weighted by molar-refractivity contribution is -0.991. The number of carbonyl (C=O) groups excluding carboxylic acids is 1. The Hall–Kier alpha value is -4.31. The van der Waals surface area contributed by atoms with Gasteiger partial charge in [0.25, 0.3) is 5.91 Å². The Morgan fingerprint density at radius 3 is 2.34 bits per heavy atom. The van der Waals surface area contributed by atoms with Crippen molar-refractivity contribution in [1.82, 2.24) is 0 Å². The molecule has 1 atom stereocenters. The summed E-state index contributed by atoms with van der Waals surface area (Å²) in [6.45, 7) is 0. The van der Waals surface area contributed by atoms with Gasteiger partial charge in [-0.1, -0.05) is 24.3 Å². The number of rotatable bonds is 5. The van der Waals surface area contributed by atoms with Crippen LogP contribution in [0.25, 0.3) is 10.8 Å². The third-order valence-corrected chi connectivity index (χ3v) is 4.79. The number of hydrogen-bond donors (Lipinski definition) is 5. The zero-order valence-corrected chi connectivity index (χ0v) is 16.7. The number of carbonyl (C=O) groups is 1. The van der Waals surface area contributed by atoms with Crippen molar-refractivity contribution in [1.29, 1.82) is 0 Å². The Labute approximate surface area is 182 Å². The van der Waals surface area contributed by atoms with Crippen LogP contribution in [0.1, 0.15) is 10.4 Å². The van der Waals surface area contributed by atoms with Crippen molar-refractivity contribution in [2.24, 2.45) is 10.2 Å². The Bertz CT molecular complexity index is 1300. The van der Waals surface area contributed by atoms with E-state index in [2.05, 4.69) is 15.5 Å². The van der Waals surface area contributed by atoms with Gasteiger partial charge in [0.05, 0.1) is 11.3 Å². The fraction of sp³-hybridized carbons (Fsp3) is 0. The molecule has 0 saturated carbocycles. The smallest absolute Gasteiger partial charge is 0.259 e. The standard InChI is InChI=1S/C23H19N5O4/c24-15-5-7-17(8-6-15)26-27-21-19-4-2-1-3-14(19)13-20(22(21)29)23(30)25-16-9-11-18(12-10-16)28(31)32/h1-13,28-29,31H,24H2,(H,25,30). The first-order chi connectivity index (χ1) is 15.4. The monoisotopic (exact) mass is 429 g/mol. The van der Waals surface area contributed by atoms with Gasteiger partial charge in [0.1, 0.15) is 5.69 Å². The van der Waals surface area contributed by atoms with E-state index in [1.165, 1.54) is 24.3 Å².